The summed E-state index contributed by atoms with van der Waals surface area (Å²) >= 11 is 1.67. The molecule has 5 heteroatoms. The van der Waals surface area contributed by atoms with Gasteiger partial charge in [0.1, 0.15) is 0 Å². The molecule has 1 atom stereocenters. The lowest BCUT2D eigenvalue weighted by Gasteiger charge is -2.32. The number of aryl methyl sites for hydroxylation is 2. The zero-order valence-electron chi connectivity index (χ0n) is 11.8. The Morgan fingerprint density at radius 3 is 3.05 bits per heavy atom. The molecule has 2 aliphatic rings. The average Bonchev–Trinajstić information content (AvgIpc) is 3.06. The summed E-state index contributed by atoms with van der Waals surface area (Å²) in [4.78, 5) is 16.8. The standard InChI is InChI=1S/C15H20N2O2S/c1-2-10-9-17(7-6-12(10)16-19)15(18)14-8-11-4-3-5-13(11)20-14/h8,10,19H,2-7,9H2,1H3. The highest BCUT2D eigenvalue weighted by Crippen LogP contribution is 2.32. The Kier molecular flexibility index (Phi) is 3.78. The summed E-state index contributed by atoms with van der Waals surface area (Å²) in [5.74, 6) is 0.351. The Hall–Kier alpha value is -1.36. The van der Waals surface area contributed by atoms with E-state index in [0.717, 1.165) is 29.9 Å². The first-order valence-electron chi connectivity index (χ1n) is 7.34. The van der Waals surface area contributed by atoms with E-state index in [1.54, 1.807) is 11.3 Å². The van der Waals surface area contributed by atoms with E-state index >= 15 is 0 Å². The van der Waals surface area contributed by atoms with Crippen LogP contribution in [0, 0.1) is 5.92 Å². The topological polar surface area (TPSA) is 52.9 Å². The lowest BCUT2D eigenvalue weighted by molar-refractivity contribution is 0.0734. The van der Waals surface area contributed by atoms with Gasteiger partial charge >= 0.3 is 0 Å². The second-order valence-electron chi connectivity index (χ2n) is 5.61. The second-order valence-corrected chi connectivity index (χ2v) is 6.75. The van der Waals surface area contributed by atoms with Gasteiger partial charge in [-0.15, -0.1) is 11.3 Å². The fourth-order valence-corrected chi connectivity index (χ4v) is 4.41. The van der Waals surface area contributed by atoms with Crippen LogP contribution in [0.25, 0.3) is 0 Å². The van der Waals surface area contributed by atoms with Crippen LogP contribution in [0.1, 0.15) is 46.3 Å². The molecule has 3 rings (SSSR count). The second kappa shape index (κ2) is 5.56. The molecule has 20 heavy (non-hydrogen) atoms. The number of piperidine rings is 1. The number of nitrogens with zero attached hydrogens (tertiary/aromatic N) is 2. The van der Waals surface area contributed by atoms with Gasteiger partial charge in [-0.1, -0.05) is 12.1 Å². The Morgan fingerprint density at radius 2 is 2.35 bits per heavy atom. The highest BCUT2D eigenvalue weighted by Gasteiger charge is 2.29. The maximum absolute atomic E-state index is 12.6. The molecule has 1 saturated heterocycles. The van der Waals surface area contributed by atoms with Crippen LogP contribution in [0.2, 0.25) is 0 Å². The Labute approximate surface area is 123 Å². The lowest BCUT2D eigenvalue weighted by Crippen LogP contribution is -2.43. The van der Waals surface area contributed by atoms with Gasteiger partial charge in [0, 0.05) is 30.3 Å². The molecule has 108 valence electrons. The SMILES string of the molecule is CCC1CN(C(=O)c2cc3c(s2)CCC3)CCC1=NO. The molecule has 0 radical (unpaired) electrons. The fourth-order valence-electron chi connectivity index (χ4n) is 3.19. The summed E-state index contributed by atoms with van der Waals surface area (Å²) in [6.07, 6.45) is 5.08. The zero-order chi connectivity index (χ0) is 14.1. The molecule has 0 aromatic carbocycles. The van der Waals surface area contributed by atoms with Crippen molar-refractivity contribution in [2.75, 3.05) is 13.1 Å². The van der Waals surface area contributed by atoms with Gasteiger partial charge < -0.3 is 10.1 Å². The van der Waals surface area contributed by atoms with Crippen LogP contribution in [-0.4, -0.2) is 34.8 Å². The molecule has 0 spiro atoms. The van der Waals surface area contributed by atoms with Gasteiger partial charge in [0.25, 0.3) is 5.91 Å². The lowest BCUT2D eigenvalue weighted by atomic mass is 9.93. The van der Waals surface area contributed by atoms with Crippen molar-refractivity contribution in [2.45, 2.75) is 39.0 Å². The molecule has 0 saturated carbocycles. The van der Waals surface area contributed by atoms with E-state index in [1.165, 1.54) is 16.9 Å². The molecule has 1 aliphatic heterocycles. The van der Waals surface area contributed by atoms with Crippen LogP contribution in [0.3, 0.4) is 0 Å². The zero-order valence-corrected chi connectivity index (χ0v) is 12.6. The first-order valence-corrected chi connectivity index (χ1v) is 8.16. The average molecular weight is 292 g/mol. The minimum atomic E-state index is 0.153. The quantitative estimate of drug-likeness (QED) is 0.673. The normalized spacial score (nSPS) is 24.1. The fraction of sp³-hybridized carbons (Fsp3) is 0.600. The van der Waals surface area contributed by atoms with Crippen molar-refractivity contribution in [2.24, 2.45) is 11.1 Å². The number of carbonyl (C=O) groups is 1. The number of fused-ring (bicyclic) bond motifs is 1. The molecule has 1 aliphatic carbocycles. The number of oxime groups is 1. The summed E-state index contributed by atoms with van der Waals surface area (Å²) in [7, 11) is 0. The largest absolute Gasteiger partial charge is 0.411 e. The maximum Gasteiger partial charge on any atom is 0.263 e. The highest BCUT2D eigenvalue weighted by molar-refractivity contribution is 7.14. The Balaban J connectivity index is 1.74. The summed E-state index contributed by atoms with van der Waals surface area (Å²) in [5.41, 5.74) is 2.21. The molecule has 1 aromatic heterocycles. The number of rotatable bonds is 2. The monoisotopic (exact) mass is 292 g/mol. The van der Waals surface area contributed by atoms with Crippen LogP contribution in [0.5, 0.6) is 0 Å². The predicted molar refractivity (Wildman–Crippen MR) is 79.9 cm³/mol. The van der Waals surface area contributed by atoms with Crippen molar-refractivity contribution in [3.05, 3.63) is 21.4 Å². The molecular weight excluding hydrogens is 272 g/mol. The van der Waals surface area contributed by atoms with Crippen LogP contribution in [0.4, 0.5) is 0 Å². The van der Waals surface area contributed by atoms with Gasteiger partial charge in [-0.2, -0.15) is 0 Å². The predicted octanol–water partition coefficient (Wildman–Crippen LogP) is 2.94. The third kappa shape index (κ3) is 2.35. The van der Waals surface area contributed by atoms with E-state index in [4.69, 9.17) is 5.21 Å². The third-order valence-corrected chi connectivity index (χ3v) is 5.64. The minimum absolute atomic E-state index is 0.153. The van der Waals surface area contributed by atoms with E-state index in [1.807, 2.05) is 4.90 Å². The minimum Gasteiger partial charge on any atom is -0.411 e. The number of likely N-dealkylation sites (tertiary alicyclic amines) is 1. The molecule has 1 unspecified atom stereocenters. The van der Waals surface area contributed by atoms with Gasteiger partial charge in [0.05, 0.1) is 10.6 Å². The van der Waals surface area contributed by atoms with Crippen molar-refractivity contribution >= 4 is 23.0 Å². The van der Waals surface area contributed by atoms with Crippen LogP contribution in [-0.2, 0) is 12.8 Å². The number of hydrogen-bond donors (Lipinski definition) is 1. The summed E-state index contributed by atoms with van der Waals surface area (Å²) < 4.78 is 0. The van der Waals surface area contributed by atoms with Crippen molar-refractivity contribution in [3.63, 3.8) is 0 Å². The number of thiophene rings is 1. The van der Waals surface area contributed by atoms with Crippen LogP contribution in [0.15, 0.2) is 11.2 Å². The third-order valence-electron chi connectivity index (χ3n) is 4.42. The first kappa shape index (κ1) is 13.6. The maximum atomic E-state index is 12.6. The summed E-state index contributed by atoms with van der Waals surface area (Å²) in [5, 5.41) is 12.4. The smallest absolute Gasteiger partial charge is 0.263 e. The molecular formula is C15H20N2O2S. The number of amides is 1. The number of hydrogen-bond acceptors (Lipinski definition) is 4. The number of carbonyl (C=O) groups excluding carboxylic acids is 1. The molecule has 1 aromatic rings. The molecule has 0 bridgehead atoms. The Morgan fingerprint density at radius 1 is 1.50 bits per heavy atom. The van der Waals surface area contributed by atoms with E-state index in [0.29, 0.717) is 19.5 Å². The van der Waals surface area contributed by atoms with Gasteiger partial charge in [-0.3, -0.25) is 4.79 Å². The van der Waals surface area contributed by atoms with E-state index in [2.05, 4.69) is 18.1 Å². The van der Waals surface area contributed by atoms with Gasteiger partial charge in [-0.25, -0.2) is 0 Å². The van der Waals surface area contributed by atoms with Crippen LogP contribution < -0.4 is 0 Å². The molecule has 1 amide bonds. The van der Waals surface area contributed by atoms with Crippen molar-refractivity contribution in [1.82, 2.24) is 4.90 Å². The summed E-state index contributed by atoms with van der Waals surface area (Å²) in [6, 6.07) is 2.09. The molecule has 1 fully saturated rings. The van der Waals surface area contributed by atoms with Crippen molar-refractivity contribution in [3.8, 4) is 0 Å². The van der Waals surface area contributed by atoms with Crippen molar-refractivity contribution in [1.29, 1.82) is 0 Å². The van der Waals surface area contributed by atoms with E-state index in [-0.39, 0.29) is 11.8 Å². The van der Waals surface area contributed by atoms with E-state index < -0.39 is 0 Å². The highest BCUT2D eigenvalue weighted by atomic mass is 32.1. The molecule has 2 heterocycles. The van der Waals surface area contributed by atoms with E-state index in [9.17, 15) is 4.79 Å². The van der Waals surface area contributed by atoms with Gasteiger partial charge in [-0.05, 0) is 37.3 Å². The van der Waals surface area contributed by atoms with Crippen molar-refractivity contribution < 1.29 is 10.0 Å². The van der Waals surface area contributed by atoms with Crippen LogP contribution >= 0.6 is 11.3 Å². The van der Waals surface area contributed by atoms with Gasteiger partial charge in [0.15, 0.2) is 0 Å². The molecule has 1 N–H and O–H groups in total. The molecule has 4 nitrogen and oxygen atoms in total. The first-order chi connectivity index (χ1) is 9.72. The Bertz CT molecular complexity index is 529. The van der Waals surface area contributed by atoms with Gasteiger partial charge in [0.2, 0.25) is 0 Å². The summed E-state index contributed by atoms with van der Waals surface area (Å²) in [6.45, 7) is 3.41.